The van der Waals surface area contributed by atoms with Gasteiger partial charge in [0.25, 0.3) is 0 Å². The molecule has 0 atom stereocenters. The van der Waals surface area contributed by atoms with Gasteiger partial charge in [-0.15, -0.1) is 0 Å². The summed E-state index contributed by atoms with van der Waals surface area (Å²) in [5.41, 5.74) is 8.40. The van der Waals surface area contributed by atoms with Crippen molar-refractivity contribution in [3.63, 3.8) is 0 Å². The van der Waals surface area contributed by atoms with E-state index in [-0.39, 0.29) is 5.54 Å². The summed E-state index contributed by atoms with van der Waals surface area (Å²) >= 11 is 0. The molecule has 2 rings (SSSR count). The third kappa shape index (κ3) is 1.67. The predicted molar refractivity (Wildman–Crippen MR) is 47.8 cm³/mol. The number of hydrogen-bond acceptors (Lipinski definition) is 2. The average Bonchev–Trinajstić information content (AvgIpc) is 2.60. The van der Waals surface area contributed by atoms with E-state index in [1.165, 1.54) is 12.8 Å². The Hall–Kier alpha value is -0.830. The molecule has 1 saturated carbocycles. The average molecular weight is 165 g/mol. The first-order chi connectivity index (χ1) is 5.68. The van der Waals surface area contributed by atoms with Crippen molar-refractivity contribution in [2.45, 2.75) is 38.1 Å². The van der Waals surface area contributed by atoms with Gasteiger partial charge in [-0.3, -0.25) is 5.10 Å². The van der Waals surface area contributed by atoms with Crippen LogP contribution in [0.15, 0.2) is 6.07 Å². The Bertz CT molecular complexity index is 273. The van der Waals surface area contributed by atoms with Gasteiger partial charge in [-0.2, -0.15) is 5.10 Å². The van der Waals surface area contributed by atoms with E-state index in [9.17, 15) is 0 Å². The SMILES string of the molecule is Cc1cc(CCC2(N)CC2)n[nH]1. The fraction of sp³-hybridized carbons (Fsp3) is 0.667. The third-order valence-electron chi connectivity index (χ3n) is 2.53. The lowest BCUT2D eigenvalue weighted by atomic mass is 10.1. The normalized spacial score (nSPS) is 19.5. The molecule has 3 heteroatoms. The van der Waals surface area contributed by atoms with Crippen LogP contribution in [0, 0.1) is 6.92 Å². The molecule has 1 aromatic rings. The molecule has 0 amide bonds. The minimum absolute atomic E-state index is 0.160. The fourth-order valence-corrected chi connectivity index (χ4v) is 1.39. The van der Waals surface area contributed by atoms with Crippen LogP contribution in [0.2, 0.25) is 0 Å². The molecular formula is C9H15N3. The van der Waals surface area contributed by atoms with Gasteiger partial charge in [0.15, 0.2) is 0 Å². The van der Waals surface area contributed by atoms with Crippen molar-refractivity contribution in [1.29, 1.82) is 0 Å². The monoisotopic (exact) mass is 165 g/mol. The van der Waals surface area contributed by atoms with Gasteiger partial charge in [0.2, 0.25) is 0 Å². The summed E-state index contributed by atoms with van der Waals surface area (Å²) < 4.78 is 0. The number of rotatable bonds is 3. The lowest BCUT2D eigenvalue weighted by Gasteiger charge is -2.04. The highest BCUT2D eigenvalue weighted by Gasteiger charge is 2.37. The maximum atomic E-state index is 5.96. The largest absolute Gasteiger partial charge is 0.325 e. The number of nitrogens with two attached hydrogens (primary N) is 1. The zero-order valence-electron chi connectivity index (χ0n) is 7.43. The minimum Gasteiger partial charge on any atom is -0.325 e. The van der Waals surface area contributed by atoms with Gasteiger partial charge in [-0.05, 0) is 38.7 Å². The molecule has 3 nitrogen and oxygen atoms in total. The summed E-state index contributed by atoms with van der Waals surface area (Å²) in [5, 5.41) is 7.10. The molecule has 1 aliphatic rings. The minimum atomic E-state index is 0.160. The van der Waals surface area contributed by atoms with E-state index in [1.54, 1.807) is 0 Å². The summed E-state index contributed by atoms with van der Waals surface area (Å²) in [6, 6.07) is 2.09. The lowest BCUT2D eigenvalue weighted by molar-refractivity contribution is 0.602. The Morgan fingerprint density at radius 3 is 2.92 bits per heavy atom. The number of nitrogens with zero attached hydrogens (tertiary/aromatic N) is 1. The van der Waals surface area contributed by atoms with E-state index >= 15 is 0 Å². The van der Waals surface area contributed by atoms with E-state index in [0.29, 0.717) is 0 Å². The van der Waals surface area contributed by atoms with E-state index in [4.69, 9.17) is 5.73 Å². The van der Waals surface area contributed by atoms with Crippen molar-refractivity contribution >= 4 is 0 Å². The van der Waals surface area contributed by atoms with Crippen molar-refractivity contribution in [1.82, 2.24) is 10.2 Å². The second-order valence-electron chi connectivity index (χ2n) is 3.90. The summed E-state index contributed by atoms with van der Waals surface area (Å²) in [5.74, 6) is 0. The number of H-pyrrole nitrogens is 1. The van der Waals surface area contributed by atoms with Gasteiger partial charge in [-0.25, -0.2) is 0 Å². The van der Waals surface area contributed by atoms with Gasteiger partial charge in [0.1, 0.15) is 0 Å². The van der Waals surface area contributed by atoms with Crippen molar-refractivity contribution in [2.75, 3.05) is 0 Å². The second kappa shape index (κ2) is 2.59. The quantitative estimate of drug-likeness (QED) is 0.705. The van der Waals surface area contributed by atoms with Gasteiger partial charge < -0.3 is 5.73 Å². The predicted octanol–water partition coefficient (Wildman–Crippen LogP) is 1.14. The Morgan fingerprint density at radius 2 is 2.42 bits per heavy atom. The highest BCUT2D eigenvalue weighted by molar-refractivity contribution is 5.09. The molecule has 0 spiro atoms. The molecule has 0 bridgehead atoms. The van der Waals surface area contributed by atoms with Crippen LogP contribution in [0.25, 0.3) is 0 Å². The van der Waals surface area contributed by atoms with Crippen molar-refractivity contribution in [2.24, 2.45) is 5.73 Å². The zero-order chi connectivity index (χ0) is 8.60. The third-order valence-corrected chi connectivity index (χ3v) is 2.53. The second-order valence-corrected chi connectivity index (χ2v) is 3.90. The summed E-state index contributed by atoms with van der Waals surface area (Å²) in [4.78, 5) is 0. The number of hydrogen-bond donors (Lipinski definition) is 2. The molecule has 12 heavy (non-hydrogen) atoms. The van der Waals surface area contributed by atoms with Crippen LogP contribution in [0.5, 0.6) is 0 Å². The Labute approximate surface area is 72.4 Å². The molecule has 0 aromatic carbocycles. The van der Waals surface area contributed by atoms with Gasteiger partial charge in [0, 0.05) is 11.2 Å². The van der Waals surface area contributed by atoms with Crippen molar-refractivity contribution in [3.8, 4) is 0 Å². The molecular weight excluding hydrogens is 150 g/mol. The van der Waals surface area contributed by atoms with Crippen LogP contribution in [-0.4, -0.2) is 15.7 Å². The Balaban J connectivity index is 1.87. The maximum absolute atomic E-state index is 5.96. The molecule has 3 N–H and O–H groups in total. The number of aryl methyl sites for hydroxylation is 2. The smallest absolute Gasteiger partial charge is 0.0625 e. The van der Waals surface area contributed by atoms with E-state index < -0.39 is 0 Å². The van der Waals surface area contributed by atoms with Crippen LogP contribution in [-0.2, 0) is 6.42 Å². The van der Waals surface area contributed by atoms with Crippen LogP contribution >= 0.6 is 0 Å². The summed E-state index contributed by atoms with van der Waals surface area (Å²) in [6.07, 6.45) is 4.48. The van der Waals surface area contributed by atoms with Gasteiger partial charge >= 0.3 is 0 Å². The van der Waals surface area contributed by atoms with Gasteiger partial charge in [0.05, 0.1) is 5.69 Å². The first-order valence-corrected chi connectivity index (χ1v) is 4.48. The number of aromatic amines is 1. The van der Waals surface area contributed by atoms with Crippen molar-refractivity contribution in [3.05, 3.63) is 17.5 Å². The van der Waals surface area contributed by atoms with E-state index in [2.05, 4.69) is 16.3 Å². The number of aromatic nitrogens is 2. The van der Waals surface area contributed by atoms with Crippen LogP contribution in [0.1, 0.15) is 30.7 Å². The molecule has 66 valence electrons. The standard InChI is InChI=1S/C9H15N3/c1-7-6-8(12-11-7)2-3-9(10)4-5-9/h6H,2-5,10H2,1H3,(H,11,12). The lowest BCUT2D eigenvalue weighted by Crippen LogP contribution is -2.22. The summed E-state index contributed by atoms with van der Waals surface area (Å²) in [6.45, 7) is 2.02. The van der Waals surface area contributed by atoms with E-state index in [0.717, 1.165) is 24.2 Å². The van der Waals surface area contributed by atoms with Crippen LogP contribution in [0.4, 0.5) is 0 Å². The zero-order valence-corrected chi connectivity index (χ0v) is 7.43. The van der Waals surface area contributed by atoms with Crippen LogP contribution in [0.3, 0.4) is 0 Å². The molecule has 0 aliphatic heterocycles. The topological polar surface area (TPSA) is 54.7 Å². The molecule has 1 fully saturated rings. The Kier molecular flexibility index (Phi) is 1.68. The molecule has 0 unspecified atom stereocenters. The fourth-order valence-electron chi connectivity index (χ4n) is 1.39. The highest BCUT2D eigenvalue weighted by Crippen LogP contribution is 2.36. The number of nitrogens with one attached hydrogen (secondary N) is 1. The molecule has 0 saturated heterocycles. The molecule has 1 aliphatic carbocycles. The molecule has 1 aromatic heterocycles. The van der Waals surface area contributed by atoms with E-state index in [1.807, 2.05) is 6.92 Å². The summed E-state index contributed by atoms with van der Waals surface area (Å²) in [7, 11) is 0. The molecule has 1 heterocycles. The highest BCUT2D eigenvalue weighted by atomic mass is 15.1. The Morgan fingerprint density at radius 1 is 1.67 bits per heavy atom. The van der Waals surface area contributed by atoms with Crippen LogP contribution < -0.4 is 5.73 Å². The van der Waals surface area contributed by atoms with Gasteiger partial charge in [-0.1, -0.05) is 0 Å². The first kappa shape index (κ1) is 7.80. The first-order valence-electron chi connectivity index (χ1n) is 4.48. The van der Waals surface area contributed by atoms with Crippen molar-refractivity contribution < 1.29 is 0 Å². The molecule has 0 radical (unpaired) electrons. The maximum Gasteiger partial charge on any atom is 0.0625 e.